The van der Waals surface area contributed by atoms with Crippen LogP contribution in [-0.4, -0.2) is 85.5 Å². The molecule has 0 aliphatic carbocycles. The molecule has 0 aromatic carbocycles. The minimum atomic E-state index is 0.300. The monoisotopic (exact) mass is 377 g/mol. The predicted octanol–water partition coefficient (Wildman–Crippen LogP) is 2.04. The van der Waals surface area contributed by atoms with E-state index in [0.717, 1.165) is 64.7 Å². The maximum absolute atomic E-state index is 12.7. The van der Waals surface area contributed by atoms with Crippen LogP contribution >= 0.6 is 0 Å². The van der Waals surface area contributed by atoms with Crippen LogP contribution < -0.4 is 5.32 Å². The SMILES string of the molecule is C/C=C/CCN=C(NCC)N1CCN(CC(=O)N2CC(C)CC(C)C2)CC1. The summed E-state index contributed by atoms with van der Waals surface area (Å²) in [4.78, 5) is 24.1. The largest absolute Gasteiger partial charge is 0.357 e. The molecule has 27 heavy (non-hydrogen) atoms. The van der Waals surface area contributed by atoms with Gasteiger partial charge in [0.15, 0.2) is 5.96 Å². The molecule has 2 unspecified atom stereocenters. The van der Waals surface area contributed by atoms with Crippen molar-refractivity contribution in [2.45, 2.75) is 40.5 Å². The molecular weight excluding hydrogens is 338 g/mol. The molecule has 1 amide bonds. The highest BCUT2D eigenvalue weighted by molar-refractivity contribution is 5.80. The van der Waals surface area contributed by atoms with Gasteiger partial charge in [0.05, 0.1) is 6.54 Å². The molecule has 154 valence electrons. The van der Waals surface area contributed by atoms with Gasteiger partial charge in [0.1, 0.15) is 0 Å². The van der Waals surface area contributed by atoms with Crippen LogP contribution in [0.2, 0.25) is 0 Å². The molecule has 0 bridgehead atoms. The minimum Gasteiger partial charge on any atom is -0.357 e. The number of amides is 1. The molecule has 2 aliphatic rings. The van der Waals surface area contributed by atoms with Crippen molar-refractivity contribution in [3.8, 4) is 0 Å². The van der Waals surface area contributed by atoms with E-state index in [1.807, 2.05) is 6.92 Å². The van der Waals surface area contributed by atoms with E-state index >= 15 is 0 Å². The first-order chi connectivity index (χ1) is 13.0. The highest BCUT2D eigenvalue weighted by atomic mass is 16.2. The van der Waals surface area contributed by atoms with Crippen LogP contribution in [0.4, 0.5) is 0 Å². The fourth-order valence-corrected chi connectivity index (χ4v) is 4.11. The molecule has 2 rings (SSSR count). The molecule has 0 spiro atoms. The van der Waals surface area contributed by atoms with Gasteiger partial charge in [-0.3, -0.25) is 14.7 Å². The van der Waals surface area contributed by atoms with E-state index in [0.29, 0.717) is 24.3 Å². The van der Waals surface area contributed by atoms with Crippen LogP contribution in [-0.2, 0) is 4.79 Å². The smallest absolute Gasteiger partial charge is 0.236 e. The Morgan fingerprint density at radius 2 is 1.78 bits per heavy atom. The summed E-state index contributed by atoms with van der Waals surface area (Å²) in [6, 6.07) is 0. The number of hydrogen-bond acceptors (Lipinski definition) is 3. The summed E-state index contributed by atoms with van der Waals surface area (Å²) in [6.45, 7) is 16.5. The first-order valence-corrected chi connectivity index (χ1v) is 10.7. The van der Waals surface area contributed by atoms with Crippen molar-refractivity contribution in [3.05, 3.63) is 12.2 Å². The van der Waals surface area contributed by atoms with Crippen LogP contribution in [0.25, 0.3) is 0 Å². The quantitative estimate of drug-likeness (QED) is 0.333. The van der Waals surface area contributed by atoms with Gasteiger partial charge >= 0.3 is 0 Å². The summed E-state index contributed by atoms with van der Waals surface area (Å²) in [7, 11) is 0. The van der Waals surface area contributed by atoms with Crippen LogP contribution in [0.1, 0.15) is 40.5 Å². The first-order valence-electron chi connectivity index (χ1n) is 10.7. The Kier molecular flexibility index (Phi) is 9.11. The Hall–Kier alpha value is -1.56. The summed E-state index contributed by atoms with van der Waals surface area (Å²) >= 11 is 0. The van der Waals surface area contributed by atoms with Crippen LogP contribution in [0.15, 0.2) is 17.1 Å². The van der Waals surface area contributed by atoms with Gasteiger partial charge in [-0.1, -0.05) is 26.0 Å². The predicted molar refractivity (Wildman–Crippen MR) is 113 cm³/mol. The number of likely N-dealkylation sites (tertiary alicyclic amines) is 1. The van der Waals surface area contributed by atoms with E-state index in [1.54, 1.807) is 0 Å². The van der Waals surface area contributed by atoms with Gasteiger partial charge in [-0.2, -0.15) is 0 Å². The summed E-state index contributed by atoms with van der Waals surface area (Å²) in [5.41, 5.74) is 0. The molecule has 6 nitrogen and oxygen atoms in total. The number of piperazine rings is 1. The average Bonchev–Trinajstić information content (AvgIpc) is 2.64. The lowest BCUT2D eigenvalue weighted by molar-refractivity contribution is -0.135. The zero-order chi connectivity index (χ0) is 19.6. The van der Waals surface area contributed by atoms with Gasteiger partial charge in [-0.15, -0.1) is 0 Å². The maximum Gasteiger partial charge on any atom is 0.236 e. The van der Waals surface area contributed by atoms with Crippen molar-refractivity contribution in [2.24, 2.45) is 16.8 Å². The minimum absolute atomic E-state index is 0.300. The third-order valence-electron chi connectivity index (χ3n) is 5.38. The molecule has 0 radical (unpaired) electrons. The highest BCUT2D eigenvalue weighted by Crippen LogP contribution is 2.21. The summed E-state index contributed by atoms with van der Waals surface area (Å²) in [5.74, 6) is 2.55. The number of piperidine rings is 1. The first kappa shape index (κ1) is 21.7. The van der Waals surface area contributed by atoms with E-state index in [-0.39, 0.29) is 0 Å². The van der Waals surface area contributed by atoms with Crippen molar-refractivity contribution in [1.29, 1.82) is 0 Å². The number of allylic oxidation sites excluding steroid dienone is 1. The van der Waals surface area contributed by atoms with Crippen molar-refractivity contribution in [3.63, 3.8) is 0 Å². The van der Waals surface area contributed by atoms with E-state index < -0.39 is 0 Å². The molecular formula is C21H39N5O. The number of rotatable bonds is 6. The third kappa shape index (κ3) is 7.17. The number of aliphatic imine (C=N–C) groups is 1. The number of hydrogen-bond donors (Lipinski definition) is 1. The van der Waals surface area contributed by atoms with E-state index in [4.69, 9.17) is 4.99 Å². The average molecular weight is 378 g/mol. The van der Waals surface area contributed by atoms with Crippen LogP contribution in [0.5, 0.6) is 0 Å². The molecule has 6 heteroatoms. The Balaban J connectivity index is 1.80. The molecule has 0 aromatic heterocycles. The number of nitrogens with one attached hydrogen (secondary N) is 1. The second kappa shape index (κ2) is 11.3. The third-order valence-corrected chi connectivity index (χ3v) is 5.38. The number of carbonyl (C=O) groups is 1. The number of nitrogens with zero attached hydrogens (tertiary/aromatic N) is 4. The second-order valence-corrected chi connectivity index (χ2v) is 8.10. The summed E-state index contributed by atoms with van der Waals surface area (Å²) in [5, 5.41) is 3.40. The van der Waals surface area contributed by atoms with Gasteiger partial charge in [0.25, 0.3) is 0 Å². The van der Waals surface area contributed by atoms with E-state index in [9.17, 15) is 4.79 Å². The molecule has 0 aromatic rings. The van der Waals surface area contributed by atoms with Crippen molar-refractivity contribution in [1.82, 2.24) is 20.0 Å². The standard InChI is InChI=1S/C21H39N5O/c1-5-7-8-9-23-21(22-6-2)25-12-10-24(11-13-25)17-20(27)26-15-18(3)14-19(4)16-26/h5,7,18-19H,6,8-17H2,1-4H3,(H,22,23)/b7-5+. The Morgan fingerprint density at radius 1 is 1.11 bits per heavy atom. The van der Waals surface area contributed by atoms with Gasteiger partial charge in [0.2, 0.25) is 5.91 Å². The molecule has 2 saturated heterocycles. The zero-order valence-corrected chi connectivity index (χ0v) is 17.8. The topological polar surface area (TPSA) is 51.2 Å². The van der Waals surface area contributed by atoms with Crippen molar-refractivity contribution < 1.29 is 4.79 Å². The molecule has 2 heterocycles. The molecule has 2 aliphatic heterocycles. The van der Waals surface area contributed by atoms with E-state index in [2.05, 4.69) is 52.9 Å². The fourth-order valence-electron chi connectivity index (χ4n) is 4.11. The normalized spacial score (nSPS) is 25.3. The van der Waals surface area contributed by atoms with Crippen LogP contribution in [0.3, 0.4) is 0 Å². The van der Waals surface area contributed by atoms with E-state index in [1.165, 1.54) is 6.42 Å². The maximum atomic E-state index is 12.7. The van der Waals surface area contributed by atoms with Crippen molar-refractivity contribution >= 4 is 11.9 Å². The van der Waals surface area contributed by atoms with Crippen molar-refractivity contribution in [2.75, 3.05) is 58.9 Å². The molecule has 2 fully saturated rings. The lowest BCUT2D eigenvalue weighted by atomic mass is 9.92. The summed E-state index contributed by atoms with van der Waals surface area (Å²) in [6.07, 6.45) is 6.44. The molecule has 0 saturated carbocycles. The van der Waals surface area contributed by atoms with Gasteiger partial charge < -0.3 is 15.1 Å². The van der Waals surface area contributed by atoms with Gasteiger partial charge in [-0.05, 0) is 38.5 Å². The highest BCUT2D eigenvalue weighted by Gasteiger charge is 2.27. The zero-order valence-electron chi connectivity index (χ0n) is 17.8. The lowest BCUT2D eigenvalue weighted by Gasteiger charge is -2.39. The Morgan fingerprint density at radius 3 is 2.37 bits per heavy atom. The molecule has 1 N–H and O–H groups in total. The Labute approximate surface area is 165 Å². The summed E-state index contributed by atoms with van der Waals surface area (Å²) < 4.78 is 0. The van der Waals surface area contributed by atoms with Crippen LogP contribution in [0, 0.1) is 11.8 Å². The number of carbonyl (C=O) groups excluding carboxylic acids is 1. The molecule has 2 atom stereocenters. The van der Waals surface area contributed by atoms with Gasteiger partial charge in [-0.25, -0.2) is 0 Å². The lowest BCUT2D eigenvalue weighted by Crippen LogP contribution is -2.55. The van der Waals surface area contributed by atoms with Gasteiger partial charge in [0, 0.05) is 52.4 Å². The fraction of sp³-hybridized carbons (Fsp3) is 0.810. The Bertz CT molecular complexity index is 501. The second-order valence-electron chi connectivity index (χ2n) is 8.10. The number of guanidine groups is 1.